The second-order valence-electron chi connectivity index (χ2n) is 9.19. The predicted molar refractivity (Wildman–Crippen MR) is 141 cm³/mol. The molecule has 170 valence electrons. The number of halogens is 1. The van der Waals surface area contributed by atoms with Gasteiger partial charge in [-0.1, -0.05) is 66.2 Å². The molecule has 1 heterocycles. The maximum absolute atomic E-state index is 9.30. The van der Waals surface area contributed by atoms with E-state index in [1.54, 1.807) is 0 Å². The van der Waals surface area contributed by atoms with Gasteiger partial charge in [0.05, 0.1) is 11.6 Å². The number of nitrogens with zero attached hydrogens (tertiary/aromatic N) is 2. The van der Waals surface area contributed by atoms with Crippen molar-refractivity contribution in [2.24, 2.45) is 11.8 Å². The highest BCUT2D eigenvalue weighted by Crippen LogP contribution is 2.29. The van der Waals surface area contributed by atoms with Crippen LogP contribution in [0.4, 0.5) is 5.69 Å². The van der Waals surface area contributed by atoms with Crippen LogP contribution in [0.2, 0.25) is 5.02 Å². The smallest absolute Gasteiger partial charge is 0.0991 e. The molecule has 5 rings (SSSR count). The van der Waals surface area contributed by atoms with Crippen LogP contribution in [0.25, 0.3) is 10.8 Å². The van der Waals surface area contributed by atoms with Crippen LogP contribution in [-0.4, -0.2) is 19.6 Å². The number of hydrogen-bond donors (Lipinski definition) is 1. The van der Waals surface area contributed by atoms with Crippen molar-refractivity contribution in [2.45, 2.75) is 13.0 Å². The summed E-state index contributed by atoms with van der Waals surface area (Å²) in [5.74, 6) is 1.15. The van der Waals surface area contributed by atoms with E-state index in [0.717, 1.165) is 43.0 Å². The Morgan fingerprint density at radius 3 is 2.47 bits per heavy atom. The second kappa shape index (κ2) is 10.3. The first kappa shape index (κ1) is 22.5. The Morgan fingerprint density at radius 1 is 0.882 bits per heavy atom. The zero-order chi connectivity index (χ0) is 23.3. The largest absolute Gasteiger partial charge is 0.367 e. The average Bonchev–Trinajstić information content (AvgIpc) is 3.31. The summed E-state index contributed by atoms with van der Waals surface area (Å²) in [4.78, 5) is 2.49. The van der Waals surface area contributed by atoms with Gasteiger partial charge in [0, 0.05) is 23.8 Å². The van der Waals surface area contributed by atoms with Crippen molar-refractivity contribution >= 4 is 28.1 Å². The molecule has 1 N–H and O–H groups in total. The lowest BCUT2D eigenvalue weighted by Crippen LogP contribution is -2.33. The van der Waals surface area contributed by atoms with Crippen molar-refractivity contribution in [3.8, 4) is 6.07 Å². The predicted octanol–water partition coefficient (Wildman–Crippen LogP) is 6.45. The van der Waals surface area contributed by atoms with Crippen LogP contribution in [-0.2, 0) is 13.0 Å². The quantitative estimate of drug-likeness (QED) is 0.341. The summed E-state index contributed by atoms with van der Waals surface area (Å²) in [5.41, 5.74) is 4.55. The van der Waals surface area contributed by atoms with Gasteiger partial charge in [0.25, 0.3) is 0 Å². The molecule has 4 aromatic rings. The van der Waals surface area contributed by atoms with Crippen molar-refractivity contribution in [1.29, 1.82) is 5.26 Å². The fourth-order valence-corrected chi connectivity index (χ4v) is 5.24. The van der Waals surface area contributed by atoms with E-state index >= 15 is 0 Å². The highest BCUT2D eigenvalue weighted by molar-refractivity contribution is 6.30. The van der Waals surface area contributed by atoms with E-state index in [0.29, 0.717) is 17.4 Å². The zero-order valence-electron chi connectivity index (χ0n) is 19.1. The van der Waals surface area contributed by atoms with E-state index in [1.807, 2.05) is 24.3 Å². The Hall–Kier alpha value is -3.32. The van der Waals surface area contributed by atoms with Gasteiger partial charge in [-0.05, 0) is 89.6 Å². The third-order valence-electron chi connectivity index (χ3n) is 6.93. The normalized spacial score (nSPS) is 17.5. The molecule has 0 aromatic heterocycles. The van der Waals surface area contributed by atoms with E-state index in [9.17, 15) is 5.26 Å². The summed E-state index contributed by atoms with van der Waals surface area (Å²) in [6, 6.07) is 33.6. The van der Waals surface area contributed by atoms with Gasteiger partial charge in [-0.2, -0.15) is 5.26 Å². The molecule has 0 aliphatic carbocycles. The number of rotatable bonds is 7. The molecule has 1 aliphatic rings. The Balaban J connectivity index is 1.43. The van der Waals surface area contributed by atoms with Crippen LogP contribution in [0, 0.1) is 23.2 Å². The molecule has 3 nitrogen and oxygen atoms in total. The molecule has 2 atom stereocenters. The van der Waals surface area contributed by atoms with Crippen LogP contribution in [0.1, 0.15) is 16.7 Å². The fourth-order valence-electron chi connectivity index (χ4n) is 5.12. The molecule has 0 saturated carbocycles. The summed E-state index contributed by atoms with van der Waals surface area (Å²) < 4.78 is 0. The Kier molecular flexibility index (Phi) is 6.81. The third kappa shape index (κ3) is 5.09. The summed E-state index contributed by atoms with van der Waals surface area (Å²) in [6.07, 6.45) is 1.10. The van der Waals surface area contributed by atoms with E-state index in [4.69, 9.17) is 11.6 Å². The Labute approximate surface area is 206 Å². The average molecular weight is 466 g/mol. The molecule has 4 heteroatoms. The topological polar surface area (TPSA) is 39.1 Å². The Bertz CT molecular complexity index is 1290. The lowest BCUT2D eigenvalue weighted by Gasteiger charge is -2.31. The number of nitrogens with one attached hydrogen (secondary N) is 1. The monoisotopic (exact) mass is 465 g/mol. The van der Waals surface area contributed by atoms with Crippen molar-refractivity contribution in [3.05, 3.63) is 113 Å². The van der Waals surface area contributed by atoms with Gasteiger partial charge in [-0.25, -0.2) is 0 Å². The molecule has 4 aromatic carbocycles. The molecule has 34 heavy (non-hydrogen) atoms. The first-order valence-corrected chi connectivity index (χ1v) is 12.2. The standard InChI is InChI=1S/C30H28ClN3/c31-28-10-12-29(13-11-28)34(20-25-8-4-7-24-16-23(17-32)9-14-30(24)25)21-27-19-33-18-26(27)15-22-5-2-1-3-6-22/h1-14,16,26-27,33H,15,18-21H2. The number of nitriles is 1. The van der Waals surface area contributed by atoms with Gasteiger partial charge in [0.1, 0.15) is 0 Å². The van der Waals surface area contributed by atoms with E-state index < -0.39 is 0 Å². The van der Waals surface area contributed by atoms with Gasteiger partial charge < -0.3 is 10.2 Å². The van der Waals surface area contributed by atoms with Gasteiger partial charge in [-0.15, -0.1) is 0 Å². The summed E-state index contributed by atoms with van der Waals surface area (Å²) >= 11 is 6.21. The van der Waals surface area contributed by atoms with E-state index in [2.05, 4.69) is 83.0 Å². The molecular weight excluding hydrogens is 438 g/mol. The zero-order valence-corrected chi connectivity index (χ0v) is 19.9. The van der Waals surface area contributed by atoms with Crippen LogP contribution in [0.3, 0.4) is 0 Å². The van der Waals surface area contributed by atoms with Gasteiger partial charge in [0.15, 0.2) is 0 Å². The number of benzene rings is 4. The number of hydrogen-bond acceptors (Lipinski definition) is 3. The summed E-state index contributed by atoms with van der Waals surface area (Å²) in [5, 5.41) is 16.0. The van der Waals surface area contributed by atoms with Crippen molar-refractivity contribution in [1.82, 2.24) is 5.32 Å². The van der Waals surface area contributed by atoms with Crippen LogP contribution < -0.4 is 10.2 Å². The SMILES string of the molecule is N#Cc1ccc2c(CN(CC3CNCC3Cc3ccccc3)c3ccc(Cl)cc3)cccc2c1. The first-order valence-electron chi connectivity index (χ1n) is 11.9. The van der Waals surface area contributed by atoms with Crippen molar-refractivity contribution < 1.29 is 0 Å². The maximum atomic E-state index is 9.30. The molecule has 1 saturated heterocycles. The molecule has 1 aliphatic heterocycles. The molecule has 0 radical (unpaired) electrons. The maximum Gasteiger partial charge on any atom is 0.0991 e. The van der Waals surface area contributed by atoms with Gasteiger partial charge in [0.2, 0.25) is 0 Å². The molecule has 0 spiro atoms. The molecule has 1 fully saturated rings. The number of fused-ring (bicyclic) bond motifs is 1. The van der Waals surface area contributed by atoms with Gasteiger partial charge >= 0.3 is 0 Å². The minimum atomic E-state index is 0.552. The fraction of sp³-hybridized carbons (Fsp3) is 0.233. The highest BCUT2D eigenvalue weighted by atomic mass is 35.5. The van der Waals surface area contributed by atoms with Crippen LogP contribution in [0.15, 0.2) is 91.0 Å². The minimum Gasteiger partial charge on any atom is -0.367 e. The first-order chi connectivity index (χ1) is 16.7. The van der Waals surface area contributed by atoms with Crippen molar-refractivity contribution in [2.75, 3.05) is 24.5 Å². The molecule has 2 unspecified atom stereocenters. The van der Waals surface area contributed by atoms with Gasteiger partial charge in [-0.3, -0.25) is 0 Å². The highest BCUT2D eigenvalue weighted by Gasteiger charge is 2.29. The Morgan fingerprint density at radius 2 is 1.68 bits per heavy atom. The third-order valence-corrected chi connectivity index (χ3v) is 7.18. The summed E-state index contributed by atoms with van der Waals surface area (Å²) in [7, 11) is 0. The van der Waals surface area contributed by atoms with E-state index in [-0.39, 0.29) is 0 Å². The second-order valence-corrected chi connectivity index (χ2v) is 9.63. The molecular formula is C30H28ClN3. The van der Waals surface area contributed by atoms with E-state index in [1.165, 1.54) is 22.2 Å². The number of anilines is 1. The summed E-state index contributed by atoms with van der Waals surface area (Å²) in [6.45, 7) is 3.86. The van der Waals surface area contributed by atoms with Crippen LogP contribution in [0.5, 0.6) is 0 Å². The lowest BCUT2D eigenvalue weighted by atomic mass is 9.89. The minimum absolute atomic E-state index is 0.552. The van der Waals surface area contributed by atoms with Crippen LogP contribution >= 0.6 is 11.6 Å². The lowest BCUT2D eigenvalue weighted by molar-refractivity contribution is 0.413. The van der Waals surface area contributed by atoms with Crippen molar-refractivity contribution in [3.63, 3.8) is 0 Å². The molecule has 0 bridgehead atoms. The molecule has 0 amide bonds.